The van der Waals surface area contributed by atoms with Gasteiger partial charge >= 0.3 is 0 Å². The van der Waals surface area contributed by atoms with Crippen LogP contribution in [0.5, 0.6) is 0 Å². The van der Waals surface area contributed by atoms with Gasteiger partial charge in [-0.2, -0.15) is 0 Å². The van der Waals surface area contributed by atoms with E-state index in [9.17, 15) is 8.42 Å². The molecule has 1 aliphatic heterocycles. The van der Waals surface area contributed by atoms with Gasteiger partial charge in [0.25, 0.3) is 0 Å². The molecule has 0 saturated carbocycles. The lowest BCUT2D eigenvalue weighted by Crippen LogP contribution is -2.21. The van der Waals surface area contributed by atoms with Crippen molar-refractivity contribution in [2.45, 2.75) is 32.9 Å². The van der Waals surface area contributed by atoms with Crippen LogP contribution in [-0.4, -0.2) is 19.4 Å². The van der Waals surface area contributed by atoms with Crippen LogP contribution in [0.4, 0.5) is 0 Å². The van der Waals surface area contributed by atoms with Crippen molar-refractivity contribution in [2.75, 3.05) is 5.75 Å². The van der Waals surface area contributed by atoms with Crippen molar-refractivity contribution in [3.05, 3.63) is 0 Å². The van der Waals surface area contributed by atoms with E-state index in [4.69, 9.17) is 0 Å². The molecule has 2 nitrogen and oxygen atoms in total. The van der Waals surface area contributed by atoms with E-state index >= 15 is 0 Å². The molecule has 0 spiro atoms. The quantitative estimate of drug-likeness (QED) is 0.560. The van der Waals surface area contributed by atoms with Crippen LogP contribution in [0.2, 0.25) is 0 Å². The van der Waals surface area contributed by atoms with E-state index in [0.29, 0.717) is 5.75 Å². The molecule has 1 rings (SSSR count). The topological polar surface area (TPSA) is 34.1 Å². The van der Waals surface area contributed by atoms with Gasteiger partial charge < -0.3 is 0 Å². The number of hydrogen-bond acceptors (Lipinski definition) is 2. The number of sulfone groups is 1. The van der Waals surface area contributed by atoms with Gasteiger partial charge in [0.15, 0.2) is 9.84 Å². The maximum absolute atomic E-state index is 11.4. The minimum atomic E-state index is -2.78. The molecule has 0 aliphatic carbocycles. The van der Waals surface area contributed by atoms with Crippen molar-refractivity contribution < 1.29 is 8.42 Å². The summed E-state index contributed by atoms with van der Waals surface area (Å²) in [5.74, 6) is 0.634. The lowest BCUT2D eigenvalue weighted by Gasteiger charge is -2.22. The van der Waals surface area contributed by atoms with Crippen molar-refractivity contribution in [3.8, 4) is 0 Å². The Morgan fingerprint density at radius 3 is 1.82 bits per heavy atom. The van der Waals surface area contributed by atoms with Crippen molar-refractivity contribution in [1.82, 2.24) is 0 Å². The summed E-state index contributed by atoms with van der Waals surface area (Å²) in [5, 5.41) is -0.155. The third-order valence-corrected chi connectivity index (χ3v) is 5.76. The summed E-state index contributed by atoms with van der Waals surface area (Å²) in [7, 11) is -2.78. The Hall–Kier alpha value is -0.0500. The maximum atomic E-state index is 11.4. The van der Waals surface area contributed by atoms with Gasteiger partial charge in [-0.3, -0.25) is 0 Å². The van der Waals surface area contributed by atoms with Gasteiger partial charge in [-0.05, 0) is 18.3 Å². The molecule has 2 unspecified atom stereocenters. The molecule has 0 bridgehead atoms. The van der Waals surface area contributed by atoms with Crippen LogP contribution in [0.1, 0.15) is 27.7 Å². The Bertz CT molecular complexity index is 251. The predicted molar refractivity (Wildman–Crippen MR) is 46.2 cm³/mol. The fourth-order valence-electron chi connectivity index (χ4n) is 1.73. The summed E-state index contributed by atoms with van der Waals surface area (Å²) in [5.41, 5.74) is -0.0295. The minimum Gasteiger partial charge on any atom is -0.229 e. The number of hydrogen-bond donors (Lipinski definition) is 0. The Morgan fingerprint density at radius 2 is 1.73 bits per heavy atom. The molecule has 66 valence electrons. The van der Waals surface area contributed by atoms with Crippen LogP contribution in [0.3, 0.4) is 0 Å². The zero-order valence-corrected chi connectivity index (χ0v) is 8.40. The van der Waals surface area contributed by atoms with Crippen LogP contribution in [0.15, 0.2) is 0 Å². The van der Waals surface area contributed by atoms with Crippen molar-refractivity contribution in [2.24, 2.45) is 11.3 Å². The van der Waals surface area contributed by atoms with Gasteiger partial charge in [-0.25, -0.2) is 8.42 Å². The highest BCUT2D eigenvalue weighted by molar-refractivity contribution is 7.92. The van der Waals surface area contributed by atoms with Crippen molar-refractivity contribution >= 4 is 9.84 Å². The Labute approximate surface area is 68.9 Å². The first-order valence-corrected chi connectivity index (χ1v) is 5.70. The average molecular weight is 176 g/mol. The first-order valence-electron chi connectivity index (χ1n) is 3.99. The fraction of sp³-hybridized carbons (Fsp3) is 1.00. The van der Waals surface area contributed by atoms with Gasteiger partial charge in [0.2, 0.25) is 0 Å². The molecule has 2 atom stereocenters. The molecular formula is C8H16O2S. The van der Waals surface area contributed by atoms with E-state index in [2.05, 4.69) is 0 Å². The van der Waals surface area contributed by atoms with Crippen LogP contribution < -0.4 is 0 Å². The fourth-order valence-corrected chi connectivity index (χ4v) is 4.28. The van der Waals surface area contributed by atoms with E-state index in [0.717, 1.165) is 0 Å². The van der Waals surface area contributed by atoms with Gasteiger partial charge in [0, 0.05) is 0 Å². The molecule has 1 fully saturated rings. The predicted octanol–water partition coefficient (Wildman–Crippen LogP) is 1.47. The van der Waals surface area contributed by atoms with Gasteiger partial charge in [0.05, 0.1) is 11.0 Å². The highest BCUT2D eigenvalue weighted by atomic mass is 32.2. The van der Waals surface area contributed by atoms with Crippen LogP contribution >= 0.6 is 0 Å². The SMILES string of the molecule is CC1C(C)S(=O)(=O)CC1(C)C. The zero-order valence-electron chi connectivity index (χ0n) is 7.59. The first-order chi connectivity index (χ1) is 4.77. The smallest absolute Gasteiger partial charge is 0.153 e. The van der Waals surface area contributed by atoms with E-state index < -0.39 is 9.84 Å². The second-order valence-electron chi connectivity index (χ2n) is 4.29. The molecule has 0 aromatic carbocycles. The molecule has 0 radical (unpaired) electrons. The zero-order chi connectivity index (χ0) is 8.86. The monoisotopic (exact) mass is 176 g/mol. The molecular weight excluding hydrogens is 160 g/mol. The number of rotatable bonds is 0. The van der Waals surface area contributed by atoms with Gasteiger partial charge in [-0.15, -0.1) is 0 Å². The van der Waals surface area contributed by atoms with E-state index in [1.54, 1.807) is 0 Å². The summed E-state index contributed by atoms with van der Waals surface area (Å²) in [6, 6.07) is 0. The molecule has 0 N–H and O–H groups in total. The van der Waals surface area contributed by atoms with Crippen LogP contribution in [0.25, 0.3) is 0 Å². The van der Waals surface area contributed by atoms with Crippen LogP contribution in [-0.2, 0) is 9.84 Å². The normalized spacial score (nSPS) is 40.7. The Morgan fingerprint density at radius 1 is 1.27 bits per heavy atom. The Kier molecular flexibility index (Phi) is 1.82. The van der Waals surface area contributed by atoms with Crippen LogP contribution in [0, 0.1) is 11.3 Å². The highest BCUT2D eigenvalue weighted by Gasteiger charge is 2.46. The summed E-state index contributed by atoms with van der Waals surface area (Å²) in [6.07, 6.45) is 0. The molecule has 0 aromatic rings. The average Bonchev–Trinajstić information content (AvgIpc) is 1.91. The molecule has 0 aromatic heterocycles. The van der Waals surface area contributed by atoms with E-state index in [-0.39, 0.29) is 16.6 Å². The maximum Gasteiger partial charge on any atom is 0.153 e. The molecule has 1 saturated heterocycles. The summed E-state index contributed by atoms with van der Waals surface area (Å²) in [6.45, 7) is 7.89. The summed E-state index contributed by atoms with van der Waals surface area (Å²) < 4.78 is 22.8. The van der Waals surface area contributed by atoms with Gasteiger partial charge in [-0.1, -0.05) is 20.8 Å². The van der Waals surface area contributed by atoms with Crippen molar-refractivity contribution in [1.29, 1.82) is 0 Å². The molecule has 0 amide bonds. The van der Waals surface area contributed by atoms with E-state index in [1.807, 2.05) is 27.7 Å². The molecule has 11 heavy (non-hydrogen) atoms. The Balaban J connectivity index is 3.06. The third-order valence-electron chi connectivity index (χ3n) is 3.08. The van der Waals surface area contributed by atoms with E-state index in [1.165, 1.54) is 0 Å². The highest BCUT2D eigenvalue weighted by Crippen LogP contribution is 2.41. The standard InChI is InChI=1S/C8H16O2S/c1-6-7(2)11(9,10)5-8(6,3)4/h6-7H,5H2,1-4H3. The lowest BCUT2D eigenvalue weighted by atomic mass is 9.81. The summed E-state index contributed by atoms with van der Waals surface area (Å²) >= 11 is 0. The molecule has 1 aliphatic rings. The van der Waals surface area contributed by atoms with Crippen molar-refractivity contribution in [3.63, 3.8) is 0 Å². The lowest BCUT2D eigenvalue weighted by molar-refractivity contribution is 0.288. The second kappa shape index (κ2) is 2.22. The molecule has 1 heterocycles. The first kappa shape index (κ1) is 9.04. The minimum absolute atomic E-state index is 0.0295. The second-order valence-corrected chi connectivity index (χ2v) is 6.65. The summed E-state index contributed by atoms with van der Waals surface area (Å²) in [4.78, 5) is 0. The van der Waals surface area contributed by atoms with Gasteiger partial charge in [0.1, 0.15) is 0 Å². The largest absolute Gasteiger partial charge is 0.229 e. The third kappa shape index (κ3) is 1.31. The molecule has 3 heteroatoms.